The molecule has 27 heavy (non-hydrogen) atoms. The van der Waals surface area contributed by atoms with E-state index in [1.54, 1.807) is 31.2 Å². The van der Waals surface area contributed by atoms with E-state index in [0.29, 0.717) is 43.6 Å². The summed E-state index contributed by atoms with van der Waals surface area (Å²) in [6, 6.07) is 7.15. The van der Waals surface area contributed by atoms with Crippen molar-refractivity contribution in [3.63, 3.8) is 0 Å². The quantitative estimate of drug-likeness (QED) is 0.883. The summed E-state index contributed by atoms with van der Waals surface area (Å²) in [5.41, 5.74) is 1.88. The molecule has 1 aliphatic rings. The Morgan fingerprint density at radius 2 is 1.89 bits per heavy atom. The summed E-state index contributed by atoms with van der Waals surface area (Å²) in [7, 11) is 1.56. The molecule has 1 aromatic carbocycles. The smallest absolute Gasteiger partial charge is 0.274 e. The summed E-state index contributed by atoms with van der Waals surface area (Å²) in [4.78, 5) is 36.5. The number of nitrogens with zero attached hydrogens (tertiary/aromatic N) is 4. The number of amides is 2. The first kappa shape index (κ1) is 18.6. The van der Waals surface area contributed by atoms with Gasteiger partial charge in [0.2, 0.25) is 11.9 Å². The summed E-state index contributed by atoms with van der Waals surface area (Å²) < 4.78 is 5.30. The number of anilines is 2. The molecule has 0 atom stereocenters. The predicted molar refractivity (Wildman–Crippen MR) is 102 cm³/mol. The van der Waals surface area contributed by atoms with Gasteiger partial charge in [-0.05, 0) is 30.7 Å². The van der Waals surface area contributed by atoms with Crippen molar-refractivity contribution in [2.45, 2.75) is 13.8 Å². The Kier molecular flexibility index (Phi) is 5.54. The molecule has 8 nitrogen and oxygen atoms in total. The van der Waals surface area contributed by atoms with Crippen LogP contribution in [0.5, 0.6) is 5.75 Å². The summed E-state index contributed by atoms with van der Waals surface area (Å²) in [6.45, 7) is 6.02. The van der Waals surface area contributed by atoms with Crippen molar-refractivity contribution >= 4 is 23.5 Å². The molecule has 8 heteroatoms. The van der Waals surface area contributed by atoms with Gasteiger partial charge in [-0.1, -0.05) is 6.07 Å². The number of ether oxygens (including phenoxy) is 1. The number of hydrogen-bond acceptors (Lipinski definition) is 6. The van der Waals surface area contributed by atoms with E-state index in [-0.39, 0.29) is 17.5 Å². The van der Waals surface area contributed by atoms with Crippen LogP contribution in [0.3, 0.4) is 0 Å². The van der Waals surface area contributed by atoms with Crippen molar-refractivity contribution in [1.82, 2.24) is 14.9 Å². The van der Waals surface area contributed by atoms with Crippen molar-refractivity contribution in [2.75, 3.05) is 43.5 Å². The van der Waals surface area contributed by atoms with Gasteiger partial charge in [0.05, 0.1) is 12.8 Å². The predicted octanol–water partition coefficient (Wildman–Crippen LogP) is 1.71. The lowest BCUT2D eigenvalue weighted by molar-refractivity contribution is -0.129. The molecule has 0 saturated carbocycles. The third-order valence-electron chi connectivity index (χ3n) is 4.49. The second-order valence-corrected chi connectivity index (χ2v) is 6.39. The van der Waals surface area contributed by atoms with Gasteiger partial charge in [0.15, 0.2) is 0 Å². The lowest BCUT2D eigenvalue weighted by Gasteiger charge is -2.34. The number of aromatic nitrogens is 2. The van der Waals surface area contributed by atoms with Crippen molar-refractivity contribution in [1.29, 1.82) is 0 Å². The number of nitrogens with one attached hydrogen (secondary N) is 1. The zero-order valence-electron chi connectivity index (χ0n) is 15.7. The highest BCUT2D eigenvalue weighted by molar-refractivity contribution is 6.03. The number of aryl methyl sites for hydroxylation is 1. The van der Waals surface area contributed by atoms with E-state index in [4.69, 9.17) is 4.74 Å². The van der Waals surface area contributed by atoms with E-state index in [1.165, 1.54) is 0 Å². The molecule has 3 rings (SSSR count). The maximum Gasteiger partial charge on any atom is 0.274 e. The second-order valence-electron chi connectivity index (χ2n) is 6.39. The molecule has 2 amide bonds. The van der Waals surface area contributed by atoms with E-state index >= 15 is 0 Å². The Bertz CT molecular complexity index is 847. The molecule has 2 aromatic rings. The standard InChI is InChI=1S/C19H23N5O3/c1-13-4-5-17(27-3)16(12-13)21-18(26)15-6-7-20-19(22-15)24-10-8-23(9-11-24)14(2)25/h4-7,12H,8-11H2,1-3H3,(H,21,26). The monoisotopic (exact) mass is 369 g/mol. The van der Waals surface area contributed by atoms with Crippen molar-refractivity contribution in [3.8, 4) is 5.75 Å². The van der Waals surface area contributed by atoms with Crippen LogP contribution in [0.15, 0.2) is 30.5 Å². The minimum Gasteiger partial charge on any atom is -0.495 e. The fourth-order valence-corrected chi connectivity index (χ4v) is 2.95. The van der Waals surface area contributed by atoms with Gasteiger partial charge >= 0.3 is 0 Å². The minimum atomic E-state index is -0.329. The molecule has 0 aliphatic carbocycles. The van der Waals surface area contributed by atoms with Crippen molar-refractivity contribution in [3.05, 3.63) is 41.7 Å². The van der Waals surface area contributed by atoms with Crippen molar-refractivity contribution in [2.24, 2.45) is 0 Å². The van der Waals surface area contributed by atoms with Crippen molar-refractivity contribution < 1.29 is 14.3 Å². The highest BCUT2D eigenvalue weighted by atomic mass is 16.5. The van der Waals surface area contributed by atoms with Crippen LogP contribution in [0.25, 0.3) is 0 Å². The number of piperazine rings is 1. The number of methoxy groups -OCH3 is 1. The minimum absolute atomic E-state index is 0.0656. The first-order valence-corrected chi connectivity index (χ1v) is 8.77. The number of hydrogen-bond donors (Lipinski definition) is 1. The van der Waals surface area contributed by atoms with Gasteiger partial charge in [0.1, 0.15) is 11.4 Å². The Labute approximate surface area is 158 Å². The van der Waals surface area contributed by atoms with Gasteiger partial charge < -0.3 is 19.9 Å². The molecule has 1 saturated heterocycles. The molecular weight excluding hydrogens is 346 g/mol. The zero-order valence-corrected chi connectivity index (χ0v) is 15.7. The van der Waals surface area contributed by atoms with E-state index in [2.05, 4.69) is 15.3 Å². The summed E-state index contributed by atoms with van der Waals surface area (Å²) >= 11 is 0. The van der Waals surface area contributed by atoms with Gasteiger partial charge in [-0.25, -0.2) is 9.97 Å². The maximum absolute atomic E-state index is 12.6. The van der Waals surface area contributed by atoms with Gasteiger partial charge in [-0.2, -0.15) is 0 Å². The average Bonchev–Trinajstić information content (AvgIpc) is 2.68. The molecule has 1 N–H and O–H groups in total. The lowest BCUT2D eigenvalue weighted by Crippen LogP contribution is -2.48. The fourth-order valence-electron chi connectivity index (χ4n) is 2.95. The van der Waals surface area contributed by atoms with Crippen LogP contribution in [0, 0.1) is 6.92 Å². The molecule has 1 aromatic heterocycles. The molecule has 0 spiro atoms. The zero-order chi connectivity index (χ0) is 19.4. The van der Waals surface area contributed by atoms with Crippen LogP contribution in [0.2, 0.25) is 0 Å². The molecule has 142 valence electrons. The van der Waals surface area contributed by atoms with E-state index in [1.807, 2.05) is 30.0 Å². The van der Waals surface area contributed by atoms with E-state index < -0.39 is 0 Å². The molecule has 2 heterocycles. The molecule has 1 fully saturated rings. The van der Waals surface area contributed by atoms with E-state index in [0.717, 1.165) is 5.56 Å². The highest BCUT2D eigenvalue weighted by Crippen LogP contribution is 2.25. The molecular formula is C19H23N5O3. The van der Waals surface area contributed by atoms with E-state index in [9.17, 15) is 9.59 Å². The fraction of sp³-hybridized carbons (Fsp3) is 0.368. The number of rotatable bonds is 4. The summed E-state index contributed by atoms with van der Waals surface area (Å²) in [5.74, 6) is 0.811. The Morgan fingerprint density at radius 1 is 1.15 bits per heavy atom. The molecule has 0 unspecified atom stereocenters. The lowest BCUT2D eigenvalue weighted by atomic mass is 10.2. The van der Waals surface area contributed by atoms with Gasteiger partial charge in [0.25, 0.3) is 5.91 Å². The molecule has 1 aliphatic heterocycles. The Morgan fingerprint density at radius 3 is 2.56 bits per heavy atom. The van der Waals surface area contributed by atoms with Crippen LogP contribution >= 0.6 is 0 Å². The van der Waals surface area contributed by atoms with Crippen LogP contribution < -0.4 is 15.0 Å². The Hall–Kier alpha value is -3.16. The van der Waals surface area contributed by atoms with Gasteiger partial charge in [-0.15, -0.1) is 0 Å². The maximum atomic E-state index is 12.6. The topological polar surface area (TPSA) is 87.7 Å². The molecule has 0 bridgehead atoms. The largest absolute Gasteiger partial charge is 0.495 e. The summed E-state index contributed by atoms with van der Waals surface area (Å²) in [5, 5.41) is 2.85. The van der Waals surface area contributed by atoms with Gasteiger partial charge in [0, 0.05) is 39.3 Å². The van der Waals surface area contributed by atoms with Crippen LogP contribution in [-0.2, 0) is 4.79 Å². The number of carbonyl (C=O) groups is 2. The van der Waals surface area contributed by atoms with Crippen LogP contribution in [0.4, 0.5) is 11.6 Å². The molecule has 0 radical (unpaired) electrons. The average molecular weight is 369 g/mol. The summed E-state index contributed by atoms with van der Waals surface area (Å²) in [6.07, 6.45) is 1.57. The second kappa shape index (κ2) is 8.03. The number of benzene rings is 1. The third-order valence-corrected chi connectivity index (χ3v) is 4.49. The van der Waals surface area contributed by atoms with Crippen LogP contribution in [-0.4, -0.2) is 60.0 Å². The first-order valence-electron chi connectivity index (χ1n) is 8.77. The third kappa shape index (κ3) is 4.33. The Balaban J connectivity index is 1.73. The number of carbonyl (C=O) groups excluding carboxylic acids is 2. The highest BCUT2D eigenvalue weighted by Gasteiger charge is 2.21. The van der Waals surface area contributed by atoms with Crippen LogP contribution in [0.1, 0.15) is 23.0 Å². The SMILES string of the molecule is COc1ccc(C)cc1NC(=O)c1ccnc(N2CCN(C(C)=O)CC2)n1. The first-order chi connectivity index (χ1) is 13.0. The normalized spacial score (nSPS) is 14.0. The van der Waals surface area contributed by atoms with Gasteiger partial charge in [-0.3, -0.25) is 9.59 Å².